The predicted octanol–water partition coefficient (Wildman–Crippen LogP) is 0.256. The molecule has 0 rings (SSSR count). The lowest BCUT2D eigenvalue weighted by Crippen LogP contribution is -2.35. The van der Waals surface area contributed by atoms with Gasteiger partial charge in [-0.15, -0.1) is 0 Å². The van der Waals surface area contributed by atoms with Crippen LogP contribution in [0.1, 0.15) is 27.7 Å². The molecule has 0 fully saturated rings. The van der Waals surface area contributed by atoms with Gasteiger partial charge in [-0.1, -0.05) is 0 Å². The second-order valence-electron chi connectivity index (χ2n) is 3.64. The molecule has 0 aromatic carbocycles. The second kappa shape index (κ2) is 4.42. The predicted molar refractivity (Wildman–Crippen MR) is 45.5 cm³/mol. The lowest BCUT2D eigenvalue weighted by molar-refractivity contribution is -0.154. The molecule has 0 aliphatic rings. The first-order chi connectivity index (χ1) is 5.31. The lowest BCUT2D eigenvalue weighted by atomic mass is 10.2. The van der Waals surface area contributed by atoms with Gasteiger partial charge in [-0.3, -0.25) is 10.1 Å². The van der Waals surface area contributed by atoms with Crippen LogP contribution in [0.25, 0.3) is 0 Å². The summed E-state index contributed by atoms with van der Waals surface area (Å²) in [4.78, 5) is 11.0. The first kappa shape index (κ1) is 11.4. The van der Waals surface area contributed by atoms with Gasteiger partial charge in [0, 0.05) is 0 Å². The molecule has 72 valence electrons. The van der Waals surface area contributed by atoms with Crippen molar-refractivity contribution in [2.75, 3.05) is 6.54 Å². The summed E-state index contributed by atoms with van der Waals surface area (Å²) < 4.78 is 4.98. The molecule has 2 N–H and O–H groups in total. The van der Waals surface area contributed by atoms with Gasteiger partial charge in [0.05, 0.1) is 6.54 Å². The highest BCUT2D eigenvalue weighted by atomic mass is 16.6. The van der Waals surface area contributed by atoms with E-state index in [-0.39, 0.29) is 12.5 Å². The Morgan fingerprint density at radius 3 is 2.42 bits per heavy atom. The molecule has 0 saturated heterocycles. The third-order valence-electron chi connectivity index (χ3n) is 0.962. The Hall–Kier alpha value is -0.610. The van der Waals surface area contributed by atoms with Crippen LogP contribution in [0.3, 0.4) is 0 Å². The Kier molecular flexibility index (Phi) is 4.20. The van der Waals surface area contributed by atoms with Crippen LogP contribution in [0.4, 0.5) is 0 Å². The summed E-state index contributed by atoms with van der Waals surface area (Å²) in [6, 6.07) is 0. The van der Waals surface area contributed by atoms with Gasteiger partial charge in [-0.05, 0) is 27.7 Å². The zero-order chi connectivity index (χ0) is 9.78. The molecule has 0 radical (unpaired) electrons. The fourth-order valence-electron chi connectivity index (χ4n) is 0.609. The summed E-state index contributed by atoms with van der Waals surface area (Å²) in [5.74, 6) is -0.358. The van der Waals surface area contributed by atoms with E-state index in [4.69, 9.17) is 9.84 Å². The van der Waals surface area contributed by atoms with Crippen molar-refractivity contribution >= 4 is 5.97 Å². The minimum Gasteiger partial charge on any atom is -0.459 e. The maximum Gasteiger partial charge on any atom is 0.320 e. The molecule has 0 aromatic heterocycles. The first-order valence-corrected chi connectivity index (χ1v) is 3.94. The van der Waals surface area contributed by atoms with Crippen molar-refractivity contribution in [3.05, 3.63) is 0 Å². The number of nitrogens with one attached hydrogen (secondary N) is 1. The molecule has 1 unspecified atom stereocenters. The van der Waals surface area contributed by atoms with E-state index in [0.717, 1.165) is 0 Å². The molecule has 4 heteroatoms. The fourth-order valence-corrected chi connectivity index (χ4v) is 0.609. The largest absolute Gasteiger partial charge is 0.459 e. The van der Waals surface area contributed by atoms with E-state index in [2.05, 4.69) is 5.32 Å². The summed E-state index contributed by atoms with van der Waals surface area (Å²) >= 11 is 0. The van der Waals surface area contributed by atoms with E-state index >= 15 is 0 Å². The molecule has 1 atom stereocenters. The van der Waals surface area contributed by atoms with E-state index in [9.17, 15) is 4.79 Å². The van der Waals surface area contributed by atoms with Gasteiger partial charge in [-0.2, -0.15) is 0 Å². The lowest BCUT2D eigenvalue weighted by Gasteiger charge is -2.19. The first-order valence-electron chi connectivity index (χ1n) is 3.94. The number of carbonyl (C=O) groups is 1. The van der Waals surface area contributed by atoms with E-state index in [0.29, 0.717) is 0 Å². The maximum atomic E-state index is 11.0. The van der Waals surface area contributed by atoms with Gasteiger partial charge in [0.2, 0.25) is 0 Å². The van der Waals surface area contributed by atoms with Crippen molar-refractivity contribution in [2.24, 2.45) is 0 Å². The number of ether oxygens (including phenoxy) is 1. The zero-order valence-electron chi connectivity index (χ0n) is 8.05. The molecule has 4 nitrogen and oxygen atoms in total. The Bertz CT molecular complexity index is 149. The minimum atomic E-state index is -0.683. The van der Waals surface area contributed by atoms with Crippen LogP contribution < -0.4 is 5.32 Å². The molecule has 0 heterocycles. The number of hydrogen-bond donors (Lipinski definition) is 2. The number of aliphatic hydroxyl groups is 1. The summed E-state index contributed by atoms with van der Waals surface area (Å²) in [6.07, 6.45) is -0.683. The monoisotopic (exact) mass is 175 g/mol. The molecule has 0 saturated carbocycles. The van der Waals surface area contributed by atoms with Gasteiger partial charge in [0.1, 0.15) is 11.8 Å². The molecule has 0 bridgehead atoms. The third kappa shape index (κ3) is 7.50. The van der Waals surface area contributed by atoms with Crippen molar-refractivity contribution in [1.29, 1.82) is 0 Å². The quantitative estimate of drug-likeness (QED) is 0.477. The second-order valence-corrected chi connectivity index (χ2v) is 3.64. The molecule has 0 aromatic rings. The number of carbonyl (C=O) groups excluding carboxylic acids is 1. The van der Waals surface area contributed by atoms with Gasteiger partial charge in [0.25, 0.3) is 0 Å². The van der Waals surface area contributed by atoms with Crippen LogP contribution >= 0.6 is 0 Å². The van der Waals surface area contributed by atoms with Crippen LogP contribution in [0.5, 0.6) is 0 Å². The summed E-state index contributed by atoms with van der Waals surface area (Å²) in [5, 5.41) is 11.3. The average Bonchev–Trinajstić information content (AvgIpc) is 1.79. The van der Waals surface area contributed by atoms with Gasteiger partial charge in [0.15, 0.2) is 0 Å². The van der Waals surface area contributed by atoms with Crippen molar-refractivity contribution in [3.8, 4) is 0 Å². The van der Waals surface area contributed by atoms with E-state index in [1.807, 2.05) is 0 Å². The van der Waals surface area contributed by atoms with E-state index in [1.54, 1.807) is 27.7 Å². The minimum absolute atomic E-state index is 0.0366. The van der Waals surface area contributed by atoms with Gasteiger partial charge in [-0.25, -0.2) is 0 Å². The number of hydrogen-bond acceptors (Lipinski definition) is 4. The van der Waals surface area contributed by atoms with Crippen molar-refractivity contribution < 1.29 is 14.6 Å². The van der Waals surface area contributed by atoms with Crippen molar-refractivity contribution in [3.63, 3.8) is 0 Å². The third-order valence-corrected chi connectivity index (χ3v) is 0.962. The zero-order valence-corrected chi connectivity index (χ0v) is 8.05. The molecular weight excluding hydrogens is 158 g/mol. The Balaban J connectivity index is 3.61. The number of aliphatic hydroxyl groups excluding tert-OH is 1. The highest BCUT2D eigenvalue weighted by Gasteiger charge is 2.15. The topological polar surface area (TPSA) is 58.6 Å². The summed E-state index contributed by atoms with van der Waals surface area (Å²) in [7, 11) is 0. The van der Waals surface area contributed by atoms with Gasteiger partial charge >= 0.3 is 5.97 Å². The van der Waals surface area contributed by atoms with Crippen LogP contribution in [-0.4, -0.2) is 29.4 Å². The standard InChI is InChI=1S/C8H17NO3/c1-6(10)9-5-7(11)12-8(2,3)4/h6,9-10H,5H2,1-4H3. The molecule has 0 amide bonds. The SMILES string of the molecule is CC(O)NCC(=O)OC(C)(C)C. The molecular formula is C8H17NO3. The van der Waals surface area contributed by atoms with Crippen LogP contribution in [0.2, 0.25) is 0 Å². The van der Waals surface area contributed by atoms with E-state index < -0.39 is 11.8 Å². The maximum absolute atomic E-state index is 11.0. The smallest absolute Gasteiger partial charge is 0.320 e. The highest BCUT2D eigenvalue weighted by Crippen LogP contribution is 2.06. The fraction of sp³-hybridized carbons (Fsp3) is 0.875. The number of esters is 1. The Morgan fingerprint density at radius 1 is 1.58 bits per heavy atom. The van der Waals surface area contributed by atoms with E-state index in [1.165, 1.54) is 0 Å². The van der Waals surface area contributed by atoms with Crippen LogP contribution in [0.15, 0.2) is 0 Å². The summed E-state index contributed by atoms with van der Waals surface area (Å²) in [6.45, 7) is 6.98. The molecule has 0 aliphatic heterocycles. The van der Waals surface area contributed by atoms with Gasteiger partial charge < -0.3 is 9.84 Å². The molecule has 0 aliphatic carbocycles. The highest BCUT2D eigenvalue weighted by molar-refractivity contribution is 5.72. The van der Waals surface area contributed by atoms with Crippen molar-refractivity contribution in [1.82, 2.24) is 5.32 Å². The van der Waals surface area contributed by atoms with Crippen molar-refractivity contribution in [2.45, 2.75) is 39.5 Å². The van der Waals surface area contributed by atoms with Crippen LogP contribution in [0, 0.1) is 0 Å². The molecule has 12 heavy (non-hydrogen) atoms. The van der Waals surface area contributed by atoms with Crippen LogP contribution in [-0.2, 0) is 9.53 Å². The Morgan fingerprint density at radius 2 is 2.08 bits per heavy atom. The number of rotatable bonds is 3. The normalized spacial score (nSPS) is 14.1. The summed E-state index contributed by atoms with van der Waals surface area (Å²) in [5.41, 5.74) is -0.461. The molecule has 0 spiro atoms. The average molecular weight is 175 g/mol. The Labute approximate surface area is 72.9 Å².